The summed E-state index contributed by atoms with van der Waals surface area (Å²) >= 11 is 1.53. The molecule has 0 atom stereocenters. The average Bonchev–Trinajstić information content (AvgIpc) is 3.01. The number of hydrogen-bond donors (Lipinski definition) is 0. The van der Waals surface area contributed by atoms with Crippen LogP contribution in [0.15, 0.2) is 66.3 Å². The lowest BCUT2D eigenvalue weighted by molar-refractivity contribution is 0.463. The molecule has 0 aliphatic carbocycles. The largest absolute Gasteiger partial charge is 0.438 e. The van der Waals surface area contributed by atoms with E-state index < -0.39 is 0 Å². The first-order valence-corrected chi connectivity index (χ1v) is 7.90. The number of ether oxygens (including phenoxy) is 1. The molecule has 2 aromatic heterocycles. The van der Waals surface area contributed by atoms with Gasteiger partial charge < -0.3 is 4.74 Å². The molecule has 0 unspecified atom stereocenters. The van der Waals surface area contributed by atoms with Crippen molar-refractivity contribution in [3.8, 4) is 22.8 Å². The quantitative estimate of drug-likeness (QED) is 0.514. The molecule has 0 N–H and O–H groups in total. The second-order valence-electron chi connectivity index (χ2n) is 4.93. The van der Waals surface area contributed by atoms with Gasteiger partial charge in [-0.05, 0) is 17.7 Å². The predicted octanol–water partition coefficient (Wildman–Crippen LogP) is 5.29. The van der Waals surface area contributed by atoms with Crippen molar-refractivity contribution in [3.05, 3.63) is 72.1 Å². The molecule has 4 aromatic rings. The van der Waals surface area contributed by atoms with Crippen LogP contribution in [0.25, 0.3) is 21.3 Å². The normalized spacial score (nSPS) is 10.8. The lowest BCUT2D eigenvalue weighted by Crippen LogP contribution is -1.91. The van der Waals surface area contributed by atoms with E-state index in [2.05, 4.69) is 9.97 Å². The molecular formula is C18H11FN2OS. The first-order chi connectivity index (χ1) is 11.3. The fraction of sp³-hybridized carbons (Fsp3) is 0. The van der Waals surface area contributed by atoms with Gasteiger partial charge in [-0.3, -0.25) is 0 Å². The van der Waals surface area contributed by atoms with Gasteiger partial charge in [-0.1, -0.05) is 36.4 Å². The van der Waals surface area contributed by atoms with Crippen LogP contribution < -0.4 is 4.74 Å². The zero-order chi connectivity index (χ0) is 15.6. The molecule has 0 aliphatic rings. The van der Waals surface area contributed by atoms with Gasteiger partial charge in [0, 0.05) is 17.0 Å². The van der Waals surface area contributed by atoms with Gasteiger partial charge in [-0.2, -0.15) is 0 Å². The molecule has 0 saturated carbocycles. The Kier molecular flexibility index (Phi) is 3.48. The molecule has 2 heterocycles. The second-order valence-corrected chi connectivity index (χ2v) is 5.79. The summed E-state index contributed by atoms with van der Waals surface area (Å²) in [7, 11) is 0. The maximum absolute atomic E-state index is 13.4. The second kappa shape index (κ2) is 5.78. The van der Waals surface area contributed by atoms with Crippen LogP contribution in [0.5, 0.6) is 11.6 Å². The molecule has 0 fully saturated rings. The minimum absolute atomic E-state index is 0.346. The number of benzene rings is 2. The number of hydrogen-bond acceptors (Lipinski definition) is 4. The van der Waals surface area contributed by atoms with Crippen molar-refractivity contribution >= 4 is 21.6 Å². The Morgan fingerprint density at radius 3 is 2.65 bits per heavy atom. The lowest BCUT2D eigenvalue weighted by atomic mass is 10.1. The summed E-state index contributed by atoms with van der Waals surface area (Å²) in [6.45, 7) is 0. The van der Waals surface area contributed by atoms with Crippen LogP contribution in [0.3, 0.4) is 0 Å². The van der Waals surface area contributed by atoms with Crippen molar-refractivity contribution in [2.24, 2.45) is 0 Å². The molecule has 3 nitrogen and oxygen atoms in total. The van der Waals surface area contributed by atoms with E-state index in [-0.39, 0.29) is 5.82 Å². The van der Waals surface area contributed by atoms with Crippen LogP contribution in [0, 0.1) is 5.82 Å². The third-order valence-electron chi connectivity index (χ3n) is 3.43. The number of aromatic nitrogens is 2. The summed E-state index contributed by atoms with van der Waals surface area (Å²) < 4.78 is 19.2. The lowest BCUT2D eigenvalue weighted by Gasteiger charge is -2.07. The van der Waals surface area contributed by atoms with Gasteiger partial charge in [0.05, 0.1) is 5.39 Å². The van der Waals surface area contributed by atoms with Crippen LogP contribution in [-0.4, -0.2) is 9.97 Å². The Balaban J connectivity index is 1.85. The Morgan fingerprint density at radius 2 is 1.83 bits per heavy atom. The van der Waals surface area contributed by atoms with E-state index in [1.54, 1.807) is 12.1 Å². The van der Waals surface area contributed by atoms with E-state index >= 15 is 0 Å². The Bertz CT molecular complexity index is 969. The van der Waals surface area contributed by atoms with Crippen LogP contribution >= 0.6 is 11.3 Å². The summed E-state index contributed by atoms with van der Waals surface area (Å²) in [5.74, 6) is 0.498. The molecule has 4 rings (SSSR count). The SMILES string of the molecule is Fc1cccc(Oc2ncnc3scc(-c4ccccc4)c23)c1. The Morgan fingerprint density at radius 1 is 0.957 bits per heavy atom. The summed E-state index contributed by atoms with van der Waals surface area (Å²) in [6.07, 6.45) is 1.46. The monoisotopic (exact) mass is 322 g/mol. The maximum Gasteiger partial charge on any atom is 0.231 e. The van der Waals surface area contributed by atoms with E-state index in [1.165, 1.54) is 29.8 Å². The first-order valence-electron chi connectivity index (χ1n) is 7.02. The van der Waals surface area contributed by atoms with E-state index in [9.17, 15) is 4.39 Å². The first kappa shape index (κ1) is 13.8. The zero-order valence-corrected chi connectivity index (χ0v) is 12.8. The smallest absolute Gasteiger partial charge is 0.231 e. The molecule has 0 spiro atoms. The molecule has 2 aromatic carbocycles. The molecule has 112 valence electrons. The van der Waals surface area contributed by atoms with Crippen molar-refractivity contribution in [2.75, 3.05) is 0 Å². The Hall–Kier alpha value is -2.79. The molecule has 0 bridgehead atoms. The summed E-state index contributed by atoms with van der Waals surface area (Å²) in [5, 5.41) is 2.88. The summed E-state index contributed by atoms with van der Waals surface area (Å²) in [6, 6.07) is 16.0. The molecule has 0 aliphatic heterocycles. The zero-order valence-electron chi connectivity index (χ0n) is 11.9. The fourth-order valence-corrected chi connectivity index (χ4v) is 3.30. The fourth-order valence-electron chi connectivity index (χ4n) is 2.40. The summed E-state index contributed by atoms with van der Waals surface area (Å²) in [4.78, 5) is 9.38. The van der Waals surface area contributed by atoms with Crippen LogP contribution in [0.1, 0.15) is 0 Å². The van der Waals surface area contributed by atoms with Crippen molar-refractivity contribution in [3.63, 3.8) is 0 Å². The highest BCUT2D eigenvalue weighted by atomic mass is 32.1. The van der Waals surface area contributed by atoms with Gasteiger partial charge in [0.1, 0.15) is 22.7 Å². The maximum atomic E-state index is 13.4. The van der Waals surface area contributed by atoms with Gasteiger partial charge in [-0.15, -0.1) is 11.3 Å². The van der Waals surface area contributed by atoms with Crippen molar-refractivity contribution in [1.29, 1.82) is 0 Å². The van der Waals surface area contributed by atoms with Gasteiger partial charge in [0.15, 0.2) is 0 Å². The third-order valence-corrected chi connectivity index (χ3v) is 4.32. The standard InChI is InChI=1S/C18H11FN2OS/c19-13-7-4-8-14(9-13)22-17-16-15(12-5-2-1-3-6-12)10-23-18(16)21-11-20-17/h1-11H. The van der Waals surface area contributed by atoms with Crippen LogP contribution in [0.4, 0.5) is 4.39 Å². The molecular weight excluding hydrogens is 311 g/mol. The molecule has 0 amide bonds. The van der Waals surface area contributed by atoms with Gasteiger partial charge in [-0.25, -0.2) is 14.4 Å². The average molecular weight is 322 g/mol. The number of fused-ring (bicyclic) bond motifs is 1. The predicted molar refractivity (Wildman–Crippen MR) is 89.3 cm³/mol. The van der Waals surface area contributed by atoms with Crippen molar-refractivity contribution < 1.29 is 9.13 Å². The minimum Gasteiger partial charge on any atom is -0.438 e. The van der Waals surface area contributed by atoms with Gasteiger partial charge >= 0.3 is 0 Å². The third kappa shape index (κ3) is 2.66. The van der Waals surface area contributed by atoms with Gasteiger partial charge in [0.2, 0.25) is 5.88 Å². The number of halogens is 1. The minimum atomic E-state index is -0.346. The van der Waals surface area contributed by atoms with Crippen LogP contribution in [0.2, 0.25) is 0 Å². The van der Waals surface area contributed by atoms with E-state index in [1.807, 2.05) is 35.7 Å². The number of nitrogens with zero attached hydrogens (tertiary/aromatic N) is 2. The summed E-state index contributed by atoms with van der Waals surface area (Å²) in [5.41, 5.74) is 2.08. The number of rotatable bonds is 3. The molecule has 0 saturated heterocycles. The molecule has 5 heteroatoms. The Labute approximate surface area is 136 Å². The highest BCUT2D eigenvalue weighted by Gasteiger charge is 2.14. The van der Waals surface area contributed by atoms with Crippen molar-refractivity contribution in [2.45, 2.75) is 0 Å². The topological polar surface area (TPSA) is 35.0 Å². The van der Waals surface area contributed by atoms with E-state index in [0.29, 0.717) is 11.6 Å². The van der Waals surface area contributed by atoms with E-state index in [4.69, 9.17) is 4.74 Å². The van der Waals surface area contributed by atoms with Crippen LogP contribution in [-0.2, 0) is 0 Å². The molecule has 23 heavy (non-hydrogen) atoms. The highest BCUT2D eigenvalue weighted by Crippen LogP contribution is 2.38. The molecule has 0 radical (unpaired) electrons. The number of thiophene rings is 1. The van der Waals surface area contributed by atoms with E-state index in [0.717, 1.165) is 21.3 Å². The van der Waals surface area contributed by atoms with Crippen molar-refractivity contribution in [1.82, 2.24) is 9.97 Å². The van der Waals surface area contributed by atoms with Gasteiger partial charge in [0.25, 0.3) is 0 Å². The highest BCUT2D eigenvalue weighted by molar-refractivity contribution is 7.17.